The first-order chi connectivity index (χ1) is 9.72. The molecule has 0 N–H and O–H groups in total. The summed E-state index contributed by atoms with van der Waals surface area (Å²) in [6, 6.07) is 21.6. The quantitative estimate of drug-likeness (QED) is 0.783. The molecule has 0 amide bonds. The minimum atomic E-state index is -1.69. The number of hydrogen-bond acceptors (Lipinski definition) is 2. The van der Waals surface area contributed by atoms with E-state index in [0.29, 0.717) is 0 Å². The molecule has 2 aromatic rings. The van der Waals surface area contributed by atoms with Crippen LogP contribution in [0.2, 0.25) is 6.04 Å². The standard InChI is InChI=1S/C17H20O2Si/c1-3-20(19-14(2)18)17(15-10-6-4-7-11-15)16-12-8-5-9-13-16/h4-13,17,20H,3H2,1-2H3. The lowest BCUT2D eigenvalue weighted by atomic mass is 10.0. The lowest BCUT2D eigenvalue weighted by Crippen LogP contribution is -2.29. The number of hydrogen-bond donors (Lipinski definition) is 0. The maximum atomic E-state index is 11.4. The molecule has 2 aromatic carbocycles. The Morgan fingerprint density at radius 3 is 1.80 bits per heavy atom. The summed E-state index contributed by atoms with van der Waals surface area (Å²) < 4.78 is 5.67. The topological polar surface area (TPSA) is 26.3 Å². The van der Waals surface area contributed by atoms with Crippen LogP contribution in [0.3, 0.4) is 0 Å². The third-order valence-corrected chi connectivity index (χ3v) is 6.36. The zero-order valence-corrected chi connectivity index (χ0v) is 13.1. The van der Waals surface area contributed by atoms with Crippen molar-refractivity contribution < 1.29 is 9.22 Å². The smallest absolute Gasteiger partial charge is 0.289 e. The normalized spacial score (nSPS) is 12.2. The van der Waals surface area contributed by atoms with E-state index in [1.165, 1.54) is 18.1 Å². The van der Waals surface area contributed by atoms with Crippen LogP contribution in [-0.2, 0) is 9.22 Å². The third kappa shape index (κ3) is 3.58. The molecule has 0 radical (unpaired) electrons. The van der Waals surface area contributed by atoms with Gasteiger partial charge in [-0.1, -0.05) is 67.6 Å². The van der Waals surface area contributed by atoms with Gasteiger partial charge in [-0.2, -0.15) is 0 Å². The van der Waals surface area contributed by atoms with E-state index in [9.17, 15) is 4.79 Å². The van der Waals surface area contributed by atoms with Gasteiger partial charge in [-0.25, -0.2) is 0 Å². The Morgan fingerprint density at radius 1 is 1.00 bits per heavy atom. The Kier molecular flexibility index (Phi) is 5.13. The second kappa shape index (κ2) is 7.06. The van der Waals surface area contributed by atoms with Gasteiger partial charge in [0.2, 0.25) is 0 Å². The molecule has 0 aliphatic rings. The molecule has 104 valence electrons. The molecule has 0 heterocycles. The highest BCUT2D eigenvalue weighted by Crippen LogP contribution is 2.29. The molecule has 2 nitrogen and oxygen atoms in total. The van der Waals surface area contributed by atoms with E-state index in [4.69, 9.17) is 4.43 Å². The molecule has 0 fully saturated rings. The first-order valence-electron chi connectivity index (χ1n) is 6.99. The number of carbonyl (C=O) groups is 1. The summed E-state index contributed by atoms with van der Waals surface area (Å²) >= 11 is 0. The van der Waals surface area contributed by atoms with Crippen LogP contribution in [0.5, 0.6) is 0 Å². The van der Waals surface area contributed by atoms with E-state index >= 15 is 0 Å². The SMILES string of the molecule is CC[SiH](OC(C)=O)C(c1ccccc1)c1ccccc1. The van der Waals surface area contributed by atoms with Crippen molar-refractivity contribution in [2.24, 2.45) is 0 Å². The predicted molar refractivity (Wildman–Crippen MR) is 84.1 cm³/mol. The van der Waals surface area contributed by atoms with Gasteiger partial charge in [-0.3, -0.25) is 4.79 Å². The fourth-order valence-corrected chi connectivity index (χ4v) is 5.05. The molecule has 0 aliphatic carbocycles. The summed E-state index contributed by atoms with van der Waals surface area (Å²) in [6.07, 6.45) is 0. The molecule has 2 rings (SSSR count). The molecule has 1 unspecified atom stereocenters. The molecule has 1 atom stereocenters. The van der Waals surface area contributed by atoms with E-state index in [2.05, 4.69) is 31.2 Å². The fraction of sp³-hybridized carbons (Fsp3) is 0.235. The Hall–Kier alpha value is -1.87. The number of carbonyl (C=O) groups excluding carboxylic acids is 1. The predicted octanol–water partition coefficient (Wildman–Crippen LogP) is 3.66. The first-order valence-corrected chi connectivity index (χ1v) is 8.95. The van der Waals surface area contributed by atoms with Crippen LogP contribution < -0.4 is 0 Å². The highest BCUT2D eigenvalue weighted by atomic mass is 28.3. The first kappa shape index (κ1) is 14.5. The zero-order valence-electron chi connectivity index (χ0n) is 12.0. The molecule has 0 bridgehead atoms. The maximum Gasteiger partial charge on any atom is 0.289 e. The summed E-state index contributed by atoms with van der Waals surface area (Å²) in [6.45, 7) is 3.61. The zero-order chi connectivity index (χ0) is 14.4. The van der Waals surface area contributed by atoms with Crippen LogP contribution in [0.25, 0.3) is 0 Å². The second-order valence-electron chi connectivity index (χ2n) is 4.86. The van der Waals surface area contributed by atoms with Crippen molar-refractivity contribution in [1.82, 2.24) is 0 Å². The van der Waals surface area contributed by atoms with Gasteiger partial charge in [0, 0.05) is 12.5 Å². The van der Waals surface area contributed by atoms with Crippen LogP contribution in [0, 0.1) is 0 Å². The van der Waals surface area contributed by atoms with Gasteiger partial charge >= 0.3 is 0 Å². The van der Waals surface area contributed by atoms with E-state index in [-0.39, 0.29) is 11.5 Å². The van der Waals surface area contributed by atoms with E-state index in [0.717, 1.165) is 6.04 Å². The van der Waals surface area contributed by atoms with Crippen molar-refractivity contribution in [3.63, 3.8) is 0 Å². The summed E-state index contributed by atoms with van der Waals surface area (Å²) in [5.74, 6) is -0.166. The molecule has 20 heavy (non-hydrogen) atoms. The summed E-state index contributed by atoms with van der Waals surface area (Å²) in [5.41, 5.74) is 2.68. The fourth-order valence-electron chi connectivity index (χ4n) is 2.54. The lowest BCUT2D eigenvalue weighted by Gasteiger charge is -2.25. The van der Waals surface area contributed by atoms with Gasteiger partial charge in [-0.15, -0.1) is 0 Å². The van der Waals surface area contributed by atoms with Gasteiger partial charge in [-0.05, 0) is 17.2 Å². The van der Waals surface area contributed by atoms with Crippen molar-refractivity contribution in [2.45, 2.75) is 25.4 Å². The second-order valence-corrected chi connectivity index (χ2v) is 7.65. The average molecular weight is 284 g/mol. The van der Waals surface area contributed by atoms with Crippen molar-refractivity contribution in [3.8, 4) is 0 Å². The van der Waals surface area contributed by atoms with Crippen LogP contribution in [-0.4, -0.2) is 15.0 Å². The summed E-state index contributed by atoms with van der Waals surface area (Å²) in [4.78, 5) is 11.4. The Morgan fingerprint density at radius 2 is 1.45 bits per heavy atom. The molecule has 0 aromatic heterocycles. The van der Waals surface area contributed by atoms with Crippen molar-refractivity contribution in [3.05, 3.63) is 71.8 Å². The van der Waals surface area contributed by atoms with Crippen LogP contribution in [0.15, 0.2) is 60.7 Å². The molecule has 0 spiro atoms. The number of benzene rings is 2. The van der Waals surface area contributed by atoms with Gasteiger partial charge in [0.1, 0.15) is 0 Å². The van der Waals surface area contributed by atoms with Gasteiger partial charge in [0.25, 0.3) is 15.0 Å². The van der Waals surface area contributed by atoms with E-state index in [1.807, 2.05) is 36.4 Å². The van der Waals surface area contributed by atoms with Crippen molar-refractivity contribution >= 4 is 15.0 Å². The summed E-state index contributed by atoms with van der Waals surface area (Å²) in [5, 5.41) is 0. The summed E-state index contributed by atoms with van der Waals surface area (Å²) in [7, 11) is -1.69. The Labute approximate surface area is 122 Å². The largest absolute Gasteiger partial charge is 0.521 e. The van der Waals surface area contributed by atoms with Crippen molar-refractivity contribution in [1.29, 1.82) is 0 Å². The highest BCUT2D eigenvalue weighted by Gasteiger charge is 2.28. The minimum absolute atomic E-state index is 0.166. The Bertz CT molecular complexity index is 500. The molecular formula is C17H20O2Si. The van der Waals surface area contributed by atoms with E-state index < -0.39 is 9.04 Å². The monoisotopic (exact) mass is 284 g/mol. The third-order valence-electron chi connectivity index (χ3n) is 3.41. The minimum Gasteiger partial charge on any atom is -0.521 e. The lowest BCUT2D eigenvalue weighted by molar-refractivity contribution is -0.132. The van der Waals surface area contributed by atoms with Crippen LogP contribution in [0.4, 0.5) is 0 Å². The van der Waals surface area contributed by atoms with Gasteiger partial charge < -0.3 is 4.43 Å². The van der Waals surface area contributed by atoms with E-state index in [1.54, 1.807) is 0 Å². The molecule has 0 saturated heterocycles. The van der Waals surface area contributed by atoms with Crippen LogP contribution >= 0.6 is 0 Å². The highest BCUT2D eigenvalue weighted by molar-refractivity contribution is 6.56. The van der Waals surface area contributed by atoms with Gasteiger partial charge in [0.05, 0.1) is 0 Å². The molecule has 0 aliphatic heterocycles. The van der Waals surface area contributed by atoms with Crippen molar-refractivity contribution in [2.75, 3.05) is 0 Å². The van der Waals surface area contributed by atoms with Gasteiger partial charge in [0.15, 0.2) is 0 Å². The van der Waals surface area contributed by atoms with Crippen LogP contribution in [0.1, 0.15) is 30.5 Å². The number of rotatable bonds is 5. The maximum absolute atomic E-state index is 11.4. The molecular weight excluding hydrogens is 264 g/mol. The Balaban J connectivity index is 2.41. The molecule has 0 saturated carbocycles. The molecule has 3 heteroatoms. The average Bonchev–Trinajstić information content (AvgIpc) is 2.48.